The highest BCUT2D eigenvalue weighted by atomic mass is 35.5. The molecule has 2 rings (SSSR count). The number of para-hydroxylation sites is 1. The van der Waals surface area contributed by atoms with E-state index in [1.807, 2.05) is 12.1 Å². The number of halogens is 1. The normalized spacial score (nSPS) is 16.7. The Balaban J connectivity index is 2.05. The summed E-state index contributed by atoms with van der Waals surface area (Å²) in [7, 11) is 0. The molecule has 1 fully saturated rings. The number of rotatable bonds is 6. The maximum Gasteiger partial charge on any atom is 0.0642 e. The van der Waals surface area contributed by atoms with Gasteiger partial charge >= 0.3 is 0 Å². The number of nitrogens with zero attached hydrogens (tertiary/aromatic N) is 2. The molecule has 1 N–H and O–H groups in total. The van der Waals surface area contributed by atoms with Crippen molar-refractivity contribution in [2.45, 2.75) is 27.3 Å². The van der Waals surface area contributed by atoms with Crippen LogP contribution in [0.2, 0.25) is 5.02 Å². The molecule has 0 amide bonds. The van der Waals surface area contributed by atoms with Crippen LogP contribution in [-0.2, 0) is 6.54 Å². The van der Waals surface area contributed by atoms with Gasteiger partial charge in [0.1, 0.15) is 0 Å². The summed E-state index contributed by atoms with van der Waals surface area (Å²) in [6.45, 7) is 14.2. The second kappa shape index (κ2) is 8.02. The molecule has 1 aliphatic heterocycles. The van der Waals surface area contributed by atoms with Crippen molar-refractivity contribution in [3.63, 3.8) is 0 Å². The van der Waals surface area contributed by atoms with Gasteiger partial charge in [-0.15, -0.1) is 0 Å². The van der Waals surface area contributed by atoms with Crippen molar-refractivity contribution in [3.05, 3.63) is 28.8 Å². The minimum atomic E-state index is 0.737. The summed E-state index contributed by atoms with van der Waals surface area (Å²) in [5.74, 6) is 0.737. The fourth-order valence-corrected chi connectivity index (χ4v) is 3.30. The molecule has 0 unspecified atom stereocenters. The third-order valence-electron chi connectivity index (χ3n) is 3.95. The minimum absolute atomic E-state index is 0.737. The zero-order valence-electron chi connectivity index (χ0n) is 13.5. The molecule has 0 bridgehead atoms. The van der Waals surface area contributed by atoms with Gasteiger partial charge in [-0.1, -0.05) is 44.5 Å². The van der Waals surface area contributed by atoms with Crippen LogP contribution in [0.4, 0.5) is 5.69 Å². The molecule has 4 heteroatoms. The zero-order valence-corrected chi connectivity index (χ0v) is 14.3. The fourth-order valence-electron chi connectivity index (χ4n) is 2.99. The Morgan fingerprint density at radius 2 is 1.90 bits per heavy atom. The topological polar surface area (TPSA) is 18.5 Å². The van der Waals surface area contributed by atoms with Crippen LogP contribution in [0.15, 0.2) is 18.2 Å². The van der Waals surface area contributed by atoms with Crippen molar-refractivity contribution >= 4 is 17.3 Å². The third-order valence-corrected chi connectivity index (χ3v) is 4.25. The van der Waals surface area contributed by atoms with Gasteiger partial charge in [0.15, 0.2) is 0 Å². The van der Waals surface area contributed by atoms with Crippen LogP contribution >= 0.6 is 11.6 Å². The second-order valence-electron chi connectivity index (χ2n) is 6.21. The Kier molecular flexibility index (Phi) is 6.34. The highest BCUT2D eigenvalue weighted by Crippen LogP contribution is 2.30. The molecular weight excluding hydrogens is 282 g/mol. The van der Waals surface area contributed by atoms with Crippen molar-refractivity contribution in [1.82, 2.24) is 10.2 Å². The first-order valence-corrected chi connectivity index (χ1v) is 8.45. The average molecular weight is 310 g/mol. The van der Waals surface area contributed by atoms with Gasteiger partial charge in [-0.2, -0.15) is 0 Å². The maximum absolute atomic E-state index is 6.48. The minimum Gasteiger partial charge on any atom is -0.368 e. The van der Waals surface area contributed by atoms with E-state index in [9.17, 15) is 0 Å². The van der Waals surface area contributed by atoms with E-state index in [-0.39, 0.29) is 0 Å². The van der Waals surface area contributed by atoms with Crippen molar-refractivity contribution in [2.75, 3.05) is 44.2 Å². The molecule has 3 nitrogen and oxygen atoms in total. The fraction of sp³-hybridized carbons (Fsp3) is 0.647. The number of hydrogen-bond acceptors (Lipinski definition) is 3. The highest BCUT2D eigenvalue weighted by Gasteiger charge is 2.21. The van der Waals surface area contributed by atoms with Gasteiger partial charge in [-0.25, -0.2) is 0 Å². The van der Waals surface area contributed by atoms with Crippen molar-refractivity contribution in [3.8, 4) is 0 Å². The third kappa shape index (κ3) is 4.60. The standard InChI is InChI=1S/C17H28ClN3/c1-4-19-12-15-6-5-7-16(18)17(15)21-10-8-20(9-11-21)13-14(2)3/h5-7,14,19H,4,8-13H2,1-3H3. The molecule has 1 aliphatic rings. The lowest BCUT2D eigenvalue weighted by atomic mass is 10.1. The van der Waals surface area contributed by atoms with Gasteiger partial charge in [0.2, 0.25) is 0 Å². The van der Waals surface area contributed by atoms with Gasteiger partial charge in [0, 0.05) is 39.3 Å². The van der Waals surface area contributed by atoms with Crippen LogP contribution in [0, 0.1) is 5.92 Å². The van der Waals surface area contributed by atoms with E-state index >= 15 is 0 Å². The Morgan fingerprint density at radius 1 is 1.19 bits per heavy atom. The molecule has 1 aromatic rings. The zero-order chi connectivity index (χ0) is 15.2. The predicted molar refractivity (Wildman–Crippen MR) is 92.3 cm³/mol. The van der Waals surface area contributed by atoms with Gasteiger partial charge < -0.3 is 10.2 Å². The molecule has 1 aromatic carbocycles. The van der Waals surface area contributed by atoms with E-state index in [0.29, 0.717) is 0 Å². The SMILES string of the molecule is CCNCc1cccc(Cl)c1N1CCN(CC(C)C)CC1. The lowest BCUT2D eigenvalue weighted by molar-refractivity contribution is 0.231. The Labute approximate surface area is 134 Å². The molecule has 1 saturated heterocycles. The second-order valence-corrected chi connectivity index (χ2v) is 6.62. The Bertz CT molecular complexity index is 440. The maximum atomic E-state index is 6.48. The Morgan fingerprint density at radius 3 is 2.52 bits per heavy atom. The summed E-state index contributed by atoms with van der Waals surface area (Å²) in [4.78, 5) is 5.01. The van der Waals surface area contributed by atoms with E-state index in [1.54, 1.807) is 0 Å². The van der Waals surface area contributed by atoms with Crippen molar-refractivity contribution in [2.24, 2.45) is 5.92 Å². The highest BCUT2D eigenvalue weighted by molar-refractivity contribution is 6.33. The first-order chi connectivity index (χ1) is 10.1. The number of benzene rings is 1. The van der Waals surface area contributed by atoms with Crippen LogP contribution < -0.4 is 10.2 Å². The van der Waals surface area contributed by atoms with E-state index in [0.717, 1.165) is 50.2 Å². The van der Waals surface area contributed by atoms with Crippen LogP contribution in [-0.4, -0.2) is 44.2 Å². The van der Waals surface area contributed by atoms with E-state index in [4.69, 9.17) is 11.6 Å². The van der Waals surface area contributed by atoms with Crippen LogP contribution in [0.1, 0.15) is 26.3 Å². The van der Waals surface area contributed by atoms with Crippen molar-refractivity contribution in [1.29, 1.82) is 0 Å². The summed E-state index contributed by atoms with van der Waals surface area (Å²) in [5.41, 5.74) is 2.53. The van der Waals surface area contributed by atoms with Gasteiger partial charge in [0.05, 0.1) is 10.7 Å². The first-order valence-electron chi connectivity index (χ1n) is 8.07. The molecule has 0 radical (unpaired) electrons. The van der Waals surface area contributed by atoms with Gasteiger partial charge in [-0.3, -0.25) is 4.90 Å². The molecule has 118 valence electrons. The van der Waals surface area contributed by atoms with E-state index in [1.165, 1.54) is 17.8 Å². The van der Waals surface area contributed by atoms with Crippen LogP contribution in [0.3, 0.4) is 0 Å². The molecule has 0 saturated carbocycles. The quantitative estimate of drug-likeness (QED) is 0.870. The Hall–Kier alpha value is -0.770. The molecule has 0 aromatic heterocycles. The average Bonchev–Trinajstić information content (AvgIpc) is 2.46. The molecule has 1 heterocycles. The number of anilines is 1. The molecule has 21 heavy (non-hydrogen) atoms. The lowest BCUT2D eigenvalue weighted by Gasteiger charge is -2.38. The van der Waals surface area contributed by atoms with Gasteiger partial charge in [0.25, 0.3) is 0 Å². The van der Waals surface area contributed by atoms with E-state index in [2.05, 4.69) is 42.0 Å². The molecule has 0 spiro atoms. The monoisotopic (exact) mass is 309 g/mol. The first kappa shape index (κ1) is 16.6. The number of piperazine rings is 1. The summed E-state index contributed by atoms with van der Waals surface area (Å²) >= 11 is 6.48. The summed E-state index contributed by atoms with van der Waals surface area (Å²) in [6, 6.07) is 6.24. The van der Waals surface area contributed by atoms with Crippen LogP contribution in [0.25, 0.3) is 0 Å². The molecule has 0 atom stereocenters. The number of nitrogens with one attached hydrogen (secondary N) is 1. The van der Waals surface area contributed by atoms with Gasteiger partial charge in [-0.05, 0) is 24.1 Å². The number of hydrogen-bond donors (Lipinski definition) is 1. The molecular formula is C17H28ClN3. The van der Waals surface area contributed by atoms with E-state index < -0.39 is 0 Å². The lowest BCUT2D eigenvalue weighted by Crippen LogP contribution is -2.47. The molecule has 0 aliphatic carbocycles. The summed E-state index contributed by atoms with van der Waals surface area (Å²) in [5, 5.41) is 4.29. The van der Waals surface area contributed by atoms with Crippen LogP contribution in [0.5, 0.6) is 0 Å². The predicted octanol–water partition coefficient (Wildman–Crippen LogP) is 3.23. The summed E-state index contributed by atoms with van der Waals surface area (Å²) in [6.07, 6.45) is 0. The largest absolute Gasteiger partial charge is 0.368 e. The summed E-state index contributed by atoms with van der Waals surface area (Å²) < 4.78 is 0. The smallest absolute Gasteiger partial charge is 0.0642 e. The van der Waals surface area contributed by atoms with Crippen molar-refractivity contribution < 1.29 is 0 Å².